The molecule has 0 heterocycles. The van der Waals surface area contributed by atoms with Gasteiger partial charge in [0.2, 0.25) is 0 Å². The molecule has 2 aliphatic carbocycles. The van der Waals surface area contributed by atoms with E-state index in [1.807, 2.05) is 24.3 Å². The molecule has 2 N–H and O–H groups in total. The second-order valence-electron chi connectivity index (χ2n) is 2.75. The Labute approximate surface area is 79.7 Å². The Morgan fingerprint density at radius 3 is 1.92 bits per heavy atom. The number of nitrogens with two attached hydrogens (primary N) is 1. The van der Waals surface area contributed by atoms with Gasteiger partial charge in [0.15, 0.2) is 0 Å². The predicted molar refractivity (Wildman–Crippen MR) is 55.2 cm³/mol. The van der Waals surface area contributed by atoms with Gasteiger partial charge in [0, 0.05) is 10.2 Å². The summed E-state index contributed by atoms with van der Waals surface area (Å²) in [5.41, 5.74) is 8.84. The van der Waals surface area contributed by atoms with Gasteiger partial charge < -0.3 is 5.73 Å². The van der Waals surface area contributed by atoms with Crippen LogP contribution in [0.15, 0.2) is 40.9 Å². The first-order valence-corrected chi connectivity index (χ1v) is 4.50. The minimum absolute atomic E-state index is 0.826. The van der Waals surface area contributed by atoms with Crippen molar-refractivity contribution in [2.24, 2.45) is 0 Å². The monoisotopic (exact) mass is 221 g/mol. The summed E-state index contributed by atoms with van der Waals surface area (Å²) in [5, 5.41) is 0. The molecule has 2 rings (SSSR count). The van der Waals surface area contributed by atoms with Crippen LogP contribution in [-0.2, 0) is 0 Å². The fourth-order valence-corrected chi connectivity index (χ4v) is 1.51. The summed E-state index contributed by atoms with van der Waals surface area (Å²) in [5.74, 6) is 0. The van der Waals surface area contributed by atoms with Crippen molar-refractivity contribution in [1.82, 2.24) is 0 Å². The van der Waals surface area contributed by atoms with Crippen LogP contribution in [0.1, 0.15) is 0 Å². The molecule has 0 aromatic carbocycles. The fraction of sp³-hybridized carbons (Fsp3) is 0. The van der Waals surface area contributed by atoms with Gasteiger partial charge in [0.05, 0.1) is 0 Å². The molecule has 0 saturated heterocycles. The molecule has 0 fully saturated rings. The lowest BCUT2D eigenvalue weighted by molar-refractivity contribution is 1.77. The molecule has 0 aliphatic heterocycles. The van der Waals surface area contributed by atoms with Crippen LogP contribution < -0.4 is 5.73 Å². The SMILES string of the molecule is Nc1cc2ccc(Br)ccc-2c1. The molecule has 0 unspecified atom stereocenters. The van der Waals surface area contributed by atoms with Gasteiger partial charge >= 0.3 is 0 Å². The molecule has 0 aromatic heterocycles. The summed E-state index contributed by atoms with van der Waals surface area (Å²) in [6, 6.07) is 12.1. The summed E-state index contributed by atoms with van der Waals surface area (Å²) in [4.78, 5) is 0. The van der Waals surface area contributed by atoms with Crippen molar-refractivity contribution in [1.29, 1.82) is 0 Å². The van der Waals surface area contributed by atoms with E-state index >= 15 is 0 Å². The number of hydrogen-bond donors (Lipinski definition) is 1. The second kappa shape index (κ2) is 2.79. The van der Waals surface area contributed by atoms with Crippen molar-refractivity contribution in [3.05, 3.63) is 40.9 Å². The number of halogens is 1. The molecule has 0 amide bonds. The van der Waals surface area contributed by atoms with Crippen molar-refractivity contribution in [2.45, 2.75) is 0 Å². The normalized spacial score (nSPS) is 10.4. The van der Waals surface area contributed by atoms with E-state index in [1.54, 1.807) is 0 Å². The first kappa shape index (κ1) is 7.62. The third-order valence-corrected chi connectivity index (χ3v) is 2.35. The van der Waals surface area contributed by atoms with E-state index in [2.05, 4.69) is 28.1 Å². The number of rotatable bonds is 0. The Morgan fingerprint density at radius 2 is 1.42 bits per heavy atom. The van der Waals surface area contributed by atoms with Crippen LogP contribution in [0.5, 0.6) is 0 Å². The molecule has 0 radical (unpaired) electrons. The molecule has 0 saturated carbocycles. The zero-order valence-electron chi connectivity index (χ0n) is 6.42. The highest BCUT2D eigenvalue weighted by Gasteiger charge is 2.01. The smallest absolute Gasteiger partial charge is 0.0326 e. The summed E-state index contributed by atoms with van der Waals surface area (Å²) in [6.07, 6.45) is 0. The van der Waals surface area contributed by atoms with E-state index in [-0.39, 0.29) is 0 Å². The Hall–Kier alpha value is -1.02. The summed E-state index contributed by atoms with van der Waals surface area (Å²) in [7, 11) is 0. The van der Waals surface area contributed by atoms with Crippen LogP contribution in [0.2, 0.25) is 0 Å². The molecule has 1 nitrogen and oxygen atoms in total. The summed E-state index contributed by atoms with van der Waals surface area (Å²) in [6.45, 7) is 0. The van der Waals surface area contributed by atoms with E-state index in [0.29, 0.717) is 0 Å². The van der Waals surface area contributed by atoms with Crippen molar-refractivity contribution in [3.63, 3.8) is 0 Å². The van der Waals surface area contributed by atoms with Crippen molar-refractivity contribution >= 4 is 21.6 Å². The van der Waals surface area contributed by atoms with E-state index in [4.69, 9.17) is 5.73 Å². The highest BCUT2D eigenvalue weighted by atomic mass is 79.9. The van der Waals surface area contributed by atoms with Gasteiger partial charge in [-0.1, -0.05) is 28.1 Å². The van der Waals surface area contributed by atoms with Crippen LogP contribution >= 0.6 is 15.9 Å². The summed E-state index contributed by atoms with van der Waals surface area (Å²) < 4.78 is 1.08. The molecule has 0 aromatic rings. The third-order valence-electron chi connectivity index (χ3n) is 1.82. The van der Waals surface area contributed by atoms with Gasteiger partial charge in [-0.05, 0) is 35.4 Å². The number of fused-ring (bicyclic) bond motifs is 1. The quantitative estimate of drug-likeness (QED) is 0.727. The zero-order chi connectivity index (χ0) is 8.55. The van der Waals surface area contributed by atoms with Gasteiger partial charge in [-0.15, -0.1) is 0 Å². The highest BCUT2D eigenvalue weighted by Crippen LogP contribution is 2.27. The topological polar surface area (TPSA) is 26.0 Å². The zero-order valence-corrected chi connectivity index (χ0v) is 8.01. The Bertz CT molecular complexity index is 350. The van der Waals surface area contributed by atoms with E-state index < -0.39 is 0 Å². The molecule has 0 spiro atoms. The molecular weight excluding hydrogens is 214 g/mol. The maximum absolute atomic E-state index is 5.66. The van der Waals surface area contributed by atoms with Crippen LogP contribution in [0.4, 0.5) is 5.69 Å². The lowest BCUT2D eigenvalue weighted by Crippen LogP contribution is -1.74. The average molecular weight is 222 g/mol. The Kier molecular flexibility index (Phi) is 1.77. The van der Waals surface area contributed by atoms with E-state index in [0.717, 1.165) is 10.2 Å². The number of nitrogen functional groups attached to an aromatic ring is 1. The van der Waals surface area contributed by atoms with Gasteiger partial charge in [0.25, 0.3) is 0 Å². The maximum atomic E-state index is 5.66. The van der Waals surface area contributed by atoms with Crippen LogP contribution in [0, 0.1) is 0 Å². The minimum atomic E-state index is 0.826. The predicted octanol–water partition coefficient (Wildman–Crippen LogP) is 3.14. The molecular formula is C10H8BrN. The van der Waals surface area contributed by atoms with E-state index in [9.17, 15) is 0 Å². The van der Waals surface area contributed by atoms with Crippen LogP contribution in [0.25, 0.3) is 11.1 Å². The fourth-order valence-electron chi connectivity index (χ4n) is 1.25. The summed E-state index contributed by atoms with van der Waals surface area (Å²) >= 11 is 3.41. The maximum Gasteiger partial charge on any atom is 0.0326 e. The third kappa shape index (κ3) is 1.30. The molecule has 60 valence electrons. The molecule has 12 heavy (non-hydrogen) atoms. The molecule has 0 atom stereocenters. The Balaban J connectivity index is 2.70. The van der Waals surface area contributed by atoms with Gasteiger partial charge in [-0.25, -0.2) is 0 Å². The lowest BCUT2D eigenvalue weighted by atomic mass is 10.2. The average Bonchev–Trinajstić information content (AvgIpc) is 2.31. The van der Waals surface area contributed by atoms with Gasteiger partial charge in [0.1, 0.15) is 0 Å². The standard InChI is InChI=1S/C10H8BrN/c11-9-3-1-7-5-10(12)6-8(7)2-4-9/h1-6H,12H2. The minimum Gasteiger partial charge on any atom is -0.399 e. The number of anilines is 1. The van der Waals surface area contributed by atoms with Crippen LogP contribution in [0.3, 0.4) is 0 Å². The number of hydrogen-bond acceptors (Lipinski definition) is 1. The first-order chi connectivity index (χ1) is 5.75. The highest BCUT2D eigenvalue weighted by molar-refractivity contribution is 9.10. The molecule has 2 heteroatoms. The largest absolute Gasteiger partial charge is 0.399 e. The van der Waals surface area contributed by atoms with Crippen molar-refractivity contribution in [2.75, 3.05) is 5.73 Å². The van der Waals surface area contributed by atoms with Gasteiger partial charge in [-0.3, -0.25) is 0 Å². The van der Waals surface area contributed by atoms with Crippen molar-refractivity contribution in [3.8, 4) is 11.1 Å². The van der Waals surface area contributed by atoms with Crippen LogP contribution in [-0.4, -0.2) is 0 Å². The molecule has 0 bridgehead atoms. The second-order valence-corrected chi connectivity index (χ2v) is 3.67. The molecule has 2 aliphatic rings. The lowest BCUT2D eigenvalue weighted by Gasteiger charge is -1.85. The van der Waals surface area contributed by atoms with E-state index in [1.165, 1.54) is 11.1 Å². The van der Waals surface area contributed by atoms with Crippen molar-refractivity contribution < 1.29 is 0 Å². The first-order valence-electron chi connectivity index (χ1n) is 3.70. The van der Waals surface area contributed by atoms with Gasteiger partial charge in [-0.2, -0.15) is 0 Å². The Morgan fingerprint density at radius 1 is 0.917 bits per heavy atom.